The molecule has 6 rings (SSSR count). The van der Waals surface area contributed by atoms with Crippen LogP contribution >= 0.6 is 0 Å². The molecule has 0 aliphatic rings. The van der Waals surface area contributed by atoms with E-state index in [0.717, 1.165) is 67.3 Å². The van der Waals surface area contributed by atoms with Gasteiger partial charge in [-0.2, -0.15) is 0 Å². The van der Waals surface area contributed by atoms with Crippen LogP contribution in [-0.4, -0.2) is 9.97 Å². The summed E-state index contributed by atoms with van der Waals surface area (Å²) in [5.74, 6) is 0.0598. The van der Waals surface area contributed by atoms with Crippen LogP contribution in [-0.2, 0) is 26.2 Å². The fourth-order valence-corrected chi connectivity index (χ4v) is 5.65. The minimum atomic E-state index is 0. The fraction of sp³-hybridized carbons (Fsp3) is 0.100. The Hall–Kier alpha value is -4.34. The van der Waals surface area contributed by atoms with E-state index in [1.54, 1.807) is 0 Å². The van der Waals surface area contributed by atoms with Gasteiger partial charge in [0.2, 0.25) is 0 Å². The van der Waals surface area contributed by atoms with Crippen LogP contribution in [0.5, 0.6) is 11.5 Å². The van der Waals surface area contributed by atoms with Crippen molar-refractivity contribution < 1.29 is 36.4 Å². The Morgan fingerprint density at radius 3 is 1.11 bits per heavy atom. The Bertz CT molecular complexity index is 1820. The van der Waals surface area contributed by atoms with Gasteiger partial charge in [0, 0.05) is 11.1 Å². The smallest absolute Gasteiger partial charge is 0.872 e. The van der Waals surface area contributed by atoms with E-state index in [2.05, 4.69) is 0 Å². The third kappa shape index (κ3) is 7.00. The first-order valence-corrected chi connectivity index (χ1v) is 14.0. The number of rotatable bonds is 5. The molecule has 45 heavy (non-hydrogen) atoms. The maximum absolute atomic E-state index is 13.1. The summed E-state index contributed by atoms with van der Waals surface area (Å²) in [5, 5.41) is 26.2. The molecular weight excluding hydrogens is 632 g/mol. The van der Waals surface area contributed by atoms with Crippen LogP contribution in [0.1, 0.15) is 22.3 Å². The van der Waals surface area contributed by atoms with E-state index in [9.17, 15) is 10.2 Å². The van der Waals surface area contributed by atoms with Crippen LogP contribution in [0, 0.1) is 42.5 Å². The summed E-state index contributed by atoms with van der Waals surface area (Å²) in [4.78, 5) is 10.0. The van der Waals surface area contributed by atoms with Crippen LogP contribution in [0.4, 0.5) is 0 Å². The molecule has 0 spiro atoms. The molecule has 0 bridgehead atoms. The van der Waals surface area contributed by atoms with Gasteiger partial charge in [-0.05, 0) is 74.2 Å². The molecule has 5 heteroatoms. The van der Waals surface area contributed by atoms with Crippen LogP contribution in [0.15, 0.2) is 109 Å². The normalized spacial score (nSPS) is 10.3. The number of hydrogen-bond acceptors (Lipinski definition) is 4. The average molecular weight is 668 g/mol. The predicted molar refractivity (Wildman–Crippen MR) is 180 cm³/mol. The molecule has 0 unspecified atom stereocenters. The summed E-state index contributed by atoms with van der Waals surface area (Å²) < 4.78 is 0. The molecule has 0 radical (unpaired) electrons. The van der Waals surface area contributed by atoms with Gasteiger partial charge in [0.25, 0.3) is 0 Å². The summed E-state index contributed by atoms with van der Waals surface area (Å²) >= 11 is 0. The van der Waals surface area contributed by atoms with Crippen molar-refractivity contribution in [3.05, 3.63) is 146 Å². The fourth-order valence-electron chi connectivity index (χ4n) is 5.65. The molecule has 0 saturated carbocycles. The third-order valence-corrected chi connectivity index (χ3v) is 7.58. The standard InChI is InChI=1S/C38H32N2O2.2CH3.Zr/c1-23-19-25(3)37(41)31(21-23)27-11-5-7-13-29(27)33-15-9-17-35(39-33)36-18-10-16-34(40-36)30-14-8-6-12-28(30)32-22-24(2)20-26(4)38(32)42;;;/h5-22,41-42H,1-4H3;2*1H3;/q;2*-1;+4/p-2. The van der Waals surface area contributed by atoms with Gasteiger partial charge in [0.1, 0.15) is 0 Å². The van der Waals surface area contributed by atoms with Crippen molar-refractivity contribution in [2.45, 2.75) is 27.7 Å². The molecule has 4 nitrogen and oxygen atoms in total. The first kappa shape index (κ1) is 35.1. The van der Waals surface area contributed by atoms with E-state index in [1.807, 2.05) is 137 Å². The van der Waals surface area contributed by atoms with Crippen molar-refractivity contribution in [3.63, 3.8) is 0 Å². The second-order valence-electron chi connectivity index (χ2n) is 10.8. The molecule has 0 aliphatic heterocycles. The number of hydrogen-bond donors (Lipinski definition) is 0. The van der Waals surface area contributed by atoms with Crippen molar-refractivity contribution in [3.8, 4) is 67.7 Å². The predicted octanol–water partition coefficient (Wildman–Crippen LogP) is 9.09. The Balaban J connectivity index is 0.00000184. The van der Waals surface area contributed by atoms with Gasteiger partial charge < -0.3 is 25.1 Å². The van der Waals surface area contributed by atoms with Gasteiger partial charge in [0.15, 0.2) is 0 Å². The number of nitrogens with zero attached hydrogens (tertiary/aromatic N) is 2. The van der Waals surface area contributed by atoms with Gasteiger partial charge in [-0.3, -0.25) is 0 Å². The molecule has 0 N–H and O–H groups in total. The molecule has 222 valence electrons. The molecule has 4 aromatic carbocycles. The zero-order chi connectivity index (χ0) is 29.4. The van der Waals surface area contributed by atoms with Crippen LogP contribution in [0.2, 0.25) is 0 Å². The van der Waals surface area contributed by atoms with Crippen LogP contribution < -0.4 is 10.2 Å². The van der Waals surface area contributed by atoms with E-state index >= 15 is 0 Å². The minimum Gasteiger partial charge on any atom is -0.872 e. The van der Waals surface area contributed by atoms with Crippen LogP contribution in [0.3, 0.4) is 0 Å². The Kier molecular flexibility index (Phi) is 11.4. The Labute approximate surface area is 286 Å². The molecular formula is C40H36N2O2Zr. The first-order valence-electron chi connectivity index (χ1n) is 14.0. The molecule has 0 atom stereocenters. The summed E-state index contributed by atoms with van der Waals surface area (Å²) in [6.45, 7) is 7.72. The van der Waals surface area contributed by atoms with Gasteiger partial charge in [0.05, 0.1) is 22.8 Å². The Morgan fingerprint density at radius 2 is 0.733 bits per heavy atom. The summed E-state index contributed by atoms with van der Waals surface area (Å²) in [7, 11) is 0. The average Bonchev–Trinajstić information content (AvgIpc) is 3.01. The third-order valence-electron chi connectivity index (χ3n) is 7.58. The van der Waals surface area contributed by atoms with Crippen molar-refractivity contribution in [2.24, 2.45) is 0 Å². The second-order valence-corrected chi connectivity index (χ2v) is 10.8. The number of pyridine rings is 2. The number of aromatic nitrogens is 2. The number of aryl methyl sites for hydroxylation is 4. The first-order chi connectivity index (χ1) is 20.3. The molecule has 0 fully saturated rings. The topological polar surface area (TPSA) is 71.9 Å². The van der Waals surface area contributed by atoms with Gasteiger partial charge in [-0.25, -0.2) is 9.97 Å². The van der Waals surface area contributed by atoms with Crippen LogP contribution in [0.25, 0.3) is 56.2 Å². The van der Waals surface area contributed by atoms with Crippen molar-refractivity contribution in [1.29, 1.82) is 0 Å². The maximum atomic E-state index is 13.1. The molecule has 2 aromatic heterocycles. The quantitative estimate of drug-likeness (QED) is 0.172. The van der Waals surface area contributed by atoms with Crippen molar-refractivity contribution in [2.75, 3.05) is 0 Å². The van der Waals surface area contributed by atoms with Crippen molar-refractivity contribution >= 4 is 0 Å². The largest absolute Gasteiger partial charge is 4.00 e. The molecule has 0 aliphatic carbocycles. The zero-order valence-corrected chi connectivity index (χ0v) is 29.1. The summed E-state index contributed by atoms with van der Waals surface area (Å²) in [5.41, 5.74) is 11.4. The maximum Gasteiger partial charge on any atom is 4.00 e. The summed E-state index contributed by atoms with van der Waals surface area (Å²) in [6, 6.07) is 35.3. The van der Waals surface area contributed by atoms with E-state index in [1.165, 1.54) is 0 Å². The molecule has 2 heterocycles. The number of benzene rings is 4. The van der Waals surface area contributed by atoms with Gasteiger partial charge in [-0.15, -0.1) is 0 Å². The molecule has 0 amide bonds. The van der Waals surface area contributed by atoms with E-state index < -0.39 is 0 Å². The van der Waals surface area contributed by atoms with E-state index in [0.29, 0.717) is 11.1 Å². The molecule has 0 saturated heterocycles. The molecule has 6 aromatic rings. The van der Waals surface area contributed by atoms with Gasteiger partial charge in [-0.1, -0.05) is 119 Å². The monoisotopic (exact) mass is 666 g/mol. The van der Waals surface area contributed by atoms with Gasteiger partial charge >= 0.3 is 26.2 Å². The van der Waals surface area contributed by atoms with E-state index in [4.69, 9.17) is 9.97 Å². The van der Waals surface area contributed by atoms with E-state index in [-0.39, 0.29) is 52.6 Å². The van der Waals surface area contributed by atoms with Crippen molar-refractivity contribution in [1.82, 2.24) is 9.97 Å². The minimum absolute atomic E-state index is 0. The Morgan fingerprint density at radius 1 is 0.400 bits per heavy atom. The second kappa shape index (κ2) is 14.6. The zero-order valence-electron chi connectivity index (χ0n) is 26.6. The SMILES string of the molecule is Cc1cc(C)c([O-])c(-c2ccccc2-c2cccc(-c3cccc(-c4ccccc4-c4cc(C)cc(C)c4[O-])n3)n2)c1.[CH3-].[CH3-].[Zr+4]. The summed E-state index contributed by atoms with van der Waals surface area (Å²) in [6.07, 6.45) is 0.